The second-order valence-corrected chi connectivity index (χ2v) is 5.86. The second-order valence-electron chi connectivity index (χ2n) is 5.86. The molecule has 1 fully saturated rings. The maximum absolute atomic E-state index is 12.1. The van der Waals surface area contributed by atoms with Crippen LogP contribution in [0.2, 0.25) is 0 Å². The molecule has 1 N–H and O–H groups in total. The molecule has 23 heavy (non-hydrogen) atoms. The van der Waals surface area contributed by atoms with Crippen molar-refractivity contribution < 1.29 is 4.79 Å². The molecule has 5 nitrogen and oxygen atoms in total. The highest BCUT2D eigenvalue weighted by Gasteiger charge is 2.23. The van der Waals surface area contributed by atoms with E-state index in [1.165, 1.54) is 0 Å². The molecule has 4 rings (SSSR count). The van der Waals surface area contributed by atoms with E-state index < -0.39 is 0 Å². The van der Waals surface area contributed by atoms with Crippen LogP contribution in [0.5, 0.6) is 0 Å². The van der Waals surface area contributed by atoms with Gasteiger partial charge < -0.3 is 5.32 Å². The number of nitrogens with one attached hydrogen (secondary N) is 1. The van der Waals surface area contributed by atoms with Gasteiger partial charge in [0.1, 0.15) is 11.3 Å². The largest absolute Gasteiger partial charge is 0.349 e. The number of imidazole rings is 1. The summed E-state index contributed by atoms with van der Waals surface area (Å²) in [6.07, 6.45) is 4.78. The Morgan fingerprint density at radius 3 is 2.74 bits per heavy atom. The van der Waals surface area contributed by atoms with E-state index >= 15 is 0 Å². The highest BCUT2D eigenvalue weighted by atomic mass is 16.1. The molecule has 2 heterocycles. The third-order valence-corrected chi connectivity index (χ3v) is 4.10. The average molecular weight is 306 g/mol. The van der Waals surface area contributed by atoms with Crippen LogP contribution < -0.4 is 5.32 Å². The molecule has 0 spiro atoms. The van der Waals surface area contributed by atoms with Gasteiger partial charge in [0, 0.05) is 29.9 Å². The summed E-state index contributed by atoms with van der Waals surface area (Å²) < 4.78 is 2.05. The van der Waals surface area contributed by atoms with E-state index in [2.05, 4.69) is 26.8 Å². The summed E-state index contributed by atoms with van der Waals surface area (Å²) in [6.45, 7) is 2.08. The average Bonchev–Trinajstić information content (AvgIpc) is 3.32. The molecule has 1 aliphatic rings. The number of pyridine rings is 1. The van der Waals surface area contributed by atoms with Crippen molar-refractivity contribution >= 4 is 17.1 Å². The number of nitrogens with zero attached hydrogens (tertiary/aromatic N) is 3. The highest BCUT2D eigenvalue weighted by molar-refractivity contribution is 5.94. The molecular formula is C18H18N4O. The Balaban J connectivity index is 1.71. The van der Waals surface area contributed by atoms with Gasteiger partial charge in [-0.3, -0.25) is 9.36 Å². The summed E-state index contributed by atoms with van der Waals surface area (Å²) in [4.78, 5) is 21.2. The van der Waals surface area contributed by atoms with Crippen LogP contribution in [0.1, 0.15) is 35.9 Å². The topological polar surface area (TPSA) is 59.8 Å². The van der Waals surface area contributed by atoms with Gasteiger partial charge >= 0.3 is 0 Å². The fourth-order valence-corrected chi connectivity index (χ4v) is 2.73. The quantitative estimate of drug-likeness (QED) is 0.806. The molecule has 0 radical (unpaired) electrons. The van der Waals surface area contributed by atoms with Crippen molar-refractivity contribution in [3.63, 3.8) is 0 Å². The third-order valence-electron chi connectivity index (χ3n) is 4.10. The number of benzene rings is 1. The fraction of sp³-hybridized carbons (Fsp3) is 0.278. The molecule has 1 aromatic carbocycles. The molecule has 2 aromatic heterocycles. The molecule has 5 heteroatoms. The molecule has 0 unspecified atom stereocenters. The van der Waals surface area contributed by atoms with Crippen LogP contribution in [0.25, 0.3) is 16.9 Å². The number of hydrogen-bond acceptors (Lipinski definition) is 3. The molecule has 0 saturated heterocycles. The molecule has 116 valence electrons. The Hall–Kier alpha value is -2.69. The smallest absolute Gasteiger partial charge is 0.251 e. The summed E-state index contributed by atoms with van der Waals surface area (Å²) in [5.74, 6) is 0.970. The van der Waals surface area contributed by atoms with E-state index in [4.69, 9.17) is 0 Å². The van der Waals surface area contributed by atoms with Crippen LogP contribution in [0.4, 0.5) is 0 Å². The van der Waals surface area contributed by atoms with E-state index in [1.54, 1.807) is 6.20 Å². The molecule has 0 atom stereocenters. The Morgan fingerprint density at radius 2 is 2.04 bits per heavy atom. The number of carbonyl (C=O) groups excluding carboxylic acids is 1. The van der Waals surface area contributed by atoms with Crippen LogP contribution in [-0.4, -0.2) is 26.5 Å². The van der Waals surface area contributed by atoms with Crippen molar-refractivity contribution in [3.05, 3.63) is 54.0 Å². The normalized spacial score (nSPS) is 14.1. The van der Waals surface area contributed by atoms with Crippen LogP contribution in [0.15, 0.2) is 42.6 Å². The summed E-state index contributed by atoms with van der Waals surface area (Å²) in [5, 5.41) is 3.01. The molecule has 3 aromatic rings. The molecule has 0 aliphatic heterocycles. The minimum absolute atomic E-state index is 0.00313. The van der Waals surface area contributed by atoms with Crippen molar-refractivity contribution in [2.75, 3.05) is 0 Å². The highest BCUT2D eigenvalue weighted by Crippen LogP contribution is 2.22. The zero-order valence-electron chi connectivity index (χ0n) is 13.0. The first kappa shape index (κ1) is 13.9. The monoisotopic (exact) mass is 306 g/mol. The van der Waals surface area contributed by atoms with Crippen molar-refractivity contribution in [2.24, 2.45) is 0 Å². The van der Waals surface area contributed by atoms with Crippen molar-refractivity contribution in [1.29, 1.82) is 0 Å². The lowest BCUT2D eigenvalue weighted by molar-refractivity contribution is 0.0951. The lowest BCUT2D eigenvalue weighted by Crippen LogP contribution is -2.25. The van der Waals surface area contributed by atoms with Gasteiger partial charge in [-0.05, 0) is 49.2 Å². The van der Waals surface area contributed by atoms with Gasteiger partial charge in [0.25, 0.3) is 5.91 Å². The first-order chi connectivity index (χ1) is 11.3. The van der Waals surface area contributed by atoms with Crippen LogP contribution in [0.3, 0.4) is 0 Å². The van der Waals surface area contributed by atoms with Gasteiger partial charge in [-0.15, -0.1) is 0 Å². The predicted octanol–water partition coefficient (Wildman–Crippen LogP) is 2.88. The van der Waals surface area contributed by atoms with Crippen LogP contribution in [0, 0.1) is 0 Å². The van der Waals surface area contributed by atoms with Gasteiger partial charge in [-0.2, -0.15) is 0 Å². The van der Waals surface area contributed by atoms with E-state index in [9.17, 15) is 4.79 Å². The summed E-state index contributed by atoms with van der Waals surface area (Å²) >= 11 is 0. The molecule has 1 amide bonds. The van der Waals surface area contributed by atoms with Crippen molar-refractivity contribution in [3.8, 4) is 5.69 Å². The van der Waals surface area contributed by atoms with Gasteiger partial charge in [0.05, 0.1) is 0 Å². The minimum atomic E-state index is 0.00313. The second kappa shape index (κ2) is 5.50. The number of hydrogen-bond donors (Lipinski definition) is 1. The fourth-order valence-electron chi connectivity index (χ4n) is 2.73. The Morgan fingerprint density at radius 1 is 1.26 bits per heavy atom. The van der Waals surface area contributed by atoms with E-state index in [0.29, 0.717) is 11.6 Å². The third kappa shape index (κ3) is 2.59. The first-order valence-electron chi connectivity index (χ1n) is 8.00. The Labute approximate surface area is 134 Å². The van der Waals surface area contributed by atoms with Crippen LogP contribution >= 0.6 is 0 Å². The first-order valence-corrected chi connectivity index (χ1v) is 8.00. The molecule has 0 bridgehead atoms. The minimum Gasteiger partial charge on any atom is -0.349 e. The molecular weight excluding hydrogens is 288 g/mol. The van der Waals surface area contributed by atoms with Gasteiger partial charge in [-0.1, -0.05) is 6.92 Å². The summed E-state index contributed by atoms with van der Waals surface area (Å²) in [5.41, 5.74) is 3.40. The number of carbonyl (C=O) groups is 1. The number of amides is 1. The predicted molar refractivity (Wildman–Crippen MR) is 88.7 cm³/mol. The van der Waals surface area contributed by atoms with E-state index in [1.807, 2.05) is 36.4 Å². The van der Waals surface area contributed by atoms with E-state index in [0.717, 1.165) is 41.9 Å². The Bertz CT molecular complexity index is 862. The van der Waals surface area contributed by atoms with Crippen molar-refractivity contribution in [2.45, 2.75) is 32.2 Å². The lowest BCUT2D eigenvalue weighted by Gasteiger charge is -2.09. The SMILES string of the molecule is CCc1nc2cccnc2n1-c1ccc(C(=O)NC2CC2)cc1. The van der Waals surface area contributed by atoms with Crippen LogP contribution in [-0.2, 0) is 6.42 Å². The van der Waals surface area contributed by atoms with Gasteiger partial charge in [0.2, 0.25) is 0 Å². The zero-order valence-corrected chi connectivity index (χ0v) is 13.0. The zero-order chi connectivity index (χ0) is 15.8. The Kier molecular flexibility index (Phi) is 3.33. The van der Waals surface area contributed by atoms with E-state index in [-0.39, 0.29) is 5.91 Å². The number of aromatic nitrogens is 3. The standard InChI is InChI=1S/C18H18N4O/c1-2-16-21-15-4-3-11-19-17(15)22(16)14-9-5-12(6-10-14)18(23)20-13-7-8-13/h3-6,9-11,13H,2,7-8H2,1H3,(H,20,23). The lowest BCUT2D eigenvalue weighted by atomic mass is 10.2. The van der Waals surface area contributed by atoms with Crippen molar-refractivity contribution in [1.82, 2.24) is 19.9 Å². The summed E-state index contributed by atoms with van der Waals surface area (Å²) in [7, 11) is 0. The number of fused-ring (bicyclic) bond motifs is 1. The summed E-state index contributed by atoms with van der Waals surface area (Å²) in [6, 6.07) is 11.9. The van der Waals surface area contributed by atoms with Gasteiger partial charge in [0.15, 0.2) is 5.65 Å². The molecule has 1 saturated carbocycles. The van der Waals surface area contributed by atoms with Gasteiger partial charge in [-0.25, -0.2) is 9.97 Å². The maximum Gasteiger partial charge on any atom is 0.251 e. The number of aryl methyl sites for hydroxylation is 1. The maximum atomic E-state index is 12.1. The molecule has 1 aliphatic carbocycles. The number of rotatable bonds is 4.